The normalized spacial score (nSPS) is 9.95. The zero-order chi connectivity index (χ0) is 13.8. The minimum atomic E-state index is -1.08. The van der Waals surface area contributed by atoms with Crippen molar-refractivity contribution in [3.63, 3.8) is 0 Å². The Morgan fingerprint density at radius 3 is 2.58 bits per heavy atom. The Morgan fingerprint density at radius 2 is 1.89 bits per heavy atom. The van der Waals surface area contributed by atoms with Crippen LogP contribution in [0.2, 0.25) is 0 Å². The smallest absolute Gasteiger partial charge is 0.335 e. The highest BCUT2D eigenvalue weighted by Gasteiger charge is 2.11. The number of hydrogen-bond acceptors (Lipinski definition) is 3. The molecule has 19 heavy (non-hydrogen) atoms. The van der Waals surface area contributed by atoms with Crippen molar-refractivity contribution in [1.82, 2.24) is 4.98 Å². The third-order valence-electron chi connectivity index (χ3n) is 2.36. The van der Waals surface area contributed by atoms with Gasteiger partial charge in [0.1, 0.15) is 5.82 Å². The van der Waals surface area contributed by atoms with Crippen molar-refractivity contribution in [3.8, 4) is 0 Å². The molecule has 1 aromatic carbocycles. The Hall–Kier alpha value is -2.21. The zero-order valence-electron chi connectivity index (χ0n) is 9.63. The summed E-state index contributed by atoms with van der Waals surface area (Å²) >= 11 is 3.26. The molecule has 0 aliphatic rings. The van der Waals surface area contributed by atoms with Crippen molar-refractivity contribution in [2.75, 3.05) is 5.32 Å². The van der Waals surface area contributed by atoms with Gasteiger partial charge in [-0.3, -0.25) is 4.79 Å². The van der Waals surface area contributed by atoms with E-state index in [1.165, 1.54) is 18.2 Å². The maximum atomic E-state index is 12.0. The average Bonchev–Trinajstić information content (AvgIpc) is 2.41. The van der Waals surface area contributed by atoms with Crippen LogP contribution in [0.4, 0.5) is 5.82 Å². The molecule has 1 amide bonds. The van der Waals surface area contributed by atoms with Crippen molar-refractivity contribution in [1.29, 1.82) is 0 Å². The highest BCUT2D eigenvalue weighted by atomic mass is 79.9. The molecule has 0 saturated carbocycles. The van der Waals surface area contributed by atoms with Crippen LogP contribution in [-0.4, -0.2) is 22.0 Å². The number of carboxylic acid groups (broad SMARTS) is 1. The van der Waals surface area contributed by atoms with E-state index in [9.17, 15) is 9.59 Å². The molecule has 0 saturated heterocycles. The van der Waals surface area contributed by atoms with Gasteiger partial charge in [0.25, 0.3) is 5.91 Å². The minimum absolute atomic E-state index is 0.0627. The van der Waals surface area contributed by atoms with E-state index in [0.29, 0.717) is 10.3 Å². The summed E-state index contributed by atoms with van der Waals surface area (Å²) in [6.07, 6.45) is 1.55. The van der Waals surface area contributed by atoms with Gasteiger partial charge in [0.05, 0.1) is 10.0 Å². The van der Waals surface area contributed by atoms with Gasteiger partial charge in [0.15, 0.2) is 0 Å². The zero-order valence-corrected chi connectivity index (χ0v) is 11.2. The van der Waals surface area contributed by atoms with Crippen LogP contribution in [-0.2, 0) is 0 Å². The van der Waals surface area contributed by atoms with Crippen LogP contribution in [0, 0.1) is 0 Å². The highest BCUT2D eigenvalue weighted by molar-refractivity contribution is 9.10. The topological polar surface area (TPSA) is 79.3 Å². The van der Waals surface area contributed by atoms with E-state index in [-0.39, 0.29) is 11.1 Å². The molecule has 0 unspecified atom stereocenters. The second kappa shape index (κ2) is 5.62. The van der Waals surface area contributed by atoms with Crippen molar-refractivity contribution < 1.29 is 14.7 Å². The molecule has 0 radical (unpaired) electrons. The van der Waals surface area contributed by atoms with E-state index in [0.717, 1.165) is 0 Å². The maximum absolute atomic E-state index is 12.0. The Morgan fingerprint density at radius 1 is 1.16 bits per heavy atom. The summed E-state index contributed by atoms with van der Waals surface area (Å²) in [5, 5.41) is 11.5. The number of pyridine rings is 1. The molecule has 0 aliphatic carbocycles. The first-order valence-electron chi connectivity index (χ1n) is 5.33. The maximum Gasteiger partial charge on any atom is 0.335 e. The number of carbonyl (C=O) groups is 2. The molecule has 2 aromatic rings. The van der Waals surface area contributed by atoms with Gasteiger partial charge >= 0.3 is 5.97 Å². The van der Waals surface area contributed by atoms with Gasteiger partial charge < -0.3 is 10.4 Å². The lowest BCUT2D eigenvalue weighted by Crippen LogP contribution is -2.14. The lowest BCUT2D eigenvalue weighted by molar-refractivity contribution is 0.0697. The molecule has 6 heteroatoms. The minimum Gasteiger partial charge on any atom is -0.478 e. The van der Waals surface area contributed by atoms with E-state index in [2.05, 4.69) is 26.2 Å². The van der Waals surface area contributed by atoms with Gasteiger partial charge in [-0.2, -0.15) is 0 Å². The first-order valence-corrected chi connectivity index (χ1v) is 6.12. The summed E-state index contributed by atoms with van der Waals surface area (Å²) < 4.78 is 0.651. The first kappa shape index (κ1) is 13.2. The van der Waals surface area contributed by atoms with E-state index < -0.39 is 11.9 Å². The fraction of sp³-hybridized carbons (Fsp3) is 0. The second-order valence-corrected chi connectivity index (χ2v) is 4.53. The van der Waals surface area contributed by atoms with Gasteiger partial charge in [-0.05, 0) is 46.3 Å². The number of halogens is 1. The summed E-state index contributed by atoms with van der Waals surface area (Å²) in [5.41, 5.74) is 0.324. The van der Waals surface area contributed by atoms with Gasteiger partial charge in [0.2, 0.25) is 0 Å². The van der Waals surface area contributed by atoms with Crippen molar-refractivity contribution in [3.05, 3.63) is 58.2 Å². The number of nitrogens with zero attached hydrogens (tertiary/aromatic N) is 1. The SMILES string of the molecule is O=C(O)c1cccc(C(=O)Nc2ncccc2Br)c1. The van der Waals surface area contributed by atoms with Crippen molar-refractivity contribution >= 4 is 33.6 Å². The van der Waals surface area contributed by atoms with Gasteiger partial charge in [-0.15, -0.1) is 0 Å². The average molecular weight is 321 g/mol. The quantitative estimate of drug-likeness (QED) is 0.911. The number of aromatic carboxylic acids is 1. The molecular formula is C13H9BrN2O3. The van der Waals surface area contributed by atoms with Crippen LogP contribution >= 0.6 is 15.9 Å². The van der Waals surface area contributed by atoms with Crippen LogP contribution < -0.4 is 5.32 Å². The molecule has 1 heterocycles. The van der Waals surface area contributed by atoms with Crippen molar-refractivity contribution in [2.45, 2.75) is 0 Å². The molecule has 0 bridgehead atoms. The molecule has 2 rings (SSSR count). The van der Waals surface area contributed by atoms with Crippen LogP contribution in [0.1, 0.15) is 20.7 Å². The van der Waals surface area contributed by atoms with Crippen LogP contribution in [0.5, 0.6) is 0 Å². The monoisotopic (exact) mass is 320 g/mol. The Labute approximate surface area is 117 Å². The summed E-state index contributed by atoms with van der Waals surface area (Å²) in [5.74, 6) is -1.11. The number of carboxylic acids is 1. The molecule has 0 spiro atoms. The number of amides is 1. The highest BCUT2D eigenvalue weighted by Crippen LogP contribution is 2.19. The Kier molecular flexibility index (Phi) is 3.91. The fourth-order valence-corrected chi connectivity index (χ4v) is 1.80. The number of rotatable bonds is 3. The molecule has 0 atom stereocenters. The molecule has 0 fully saturated rings. The molecule has 5 nitrogen and oxygen atoms in total. The summed E-state index contributed by atoms with van der Waals surface area (Å²) in [7, 11) is 0. The second-order valence-electron chi connectivity index (χ2n) is 3.67. The van der Waals surface area contributed by atoms with E-state index >= 15 is 0 Å². The first-order chi connectivity index (χ1) is 9.08. The van der Waals surface area contributed by atoms with Crippen molar-refractivity contribution in [2.24, 2.45) is 0 Å². The summed E-state index contributed by atoms with van der Waals surface area (Å²) in [4.78, 5) is 26.8. The fourth-order valence-electron chi connectivity index (χ4n) is 1.45. The number of aromatic nitrogens is 1. The number of hydrogen-bond donors (Lipinski definition) is 2. The van der Waals surface area contributed by atoms with Crippen LogP contribution in [0.3, 0.4) is 0 Å². The van der Waals surface area contributed by atoms with Gasteiger partial charge in [0, 0.05) is 11.8 Å². The van der Waals surface area contributed by atoms with Gasteiger partial charge in [-0.1, -0.05) is 6.07 Å². The third kappa shape index (κ3) is 3.17. The molecule has 2 N–H and O–H groups in total. The van der Waals surface area contributed by atoms with E-state index in [1.807, 2.05) is 0 Å². The standard InChI is InChI=1S/C13H9BrN2O3/c14-10-5-2-6-15-11(10)16-12(17)8-3-1-4-9(7-8)13(18)19/h1-7H,(H,18,19)(H,15,16,17). The number of benzene rings is 1. The molecule has 96 valence electrons. The third-order valence-corrected chi connectivity index (χ3v) is 3.00. The predicted molar refractivity (Wildman–Crippen MR) is 73.3 cm³/mol. The predicted octanol–water partition coefficient (Wildman–Crippen LogP) is 2.79. The summed E-state index contributed by atoms with van der Waals surface area (Å²) in [6.45, 7) is 0. The lowest BCUT2D eigenvalue weighted by atomic mass is 10.1. The Bertz CT molecular complexity index is 643. The van der Waals surface area contributed by atoms with Crippen LogP contribution in [0.25, 0.3) is 0 Å². The number of nitrogens with one attached hydrogen (secondary N) is 1. The number of carbonyl (C=O) groups excluding carboxylic acids is 1. The number of anilines is 1. The molecule has 1 aromatic heterocycles. The largest absolute Gasteiger partial charge is 0.478 e. The van der Waals surface area contributed by atoms with Crippen LogP contribution in [0.15, 0.2) is 47.1 Å². The van der Waals surface area contributed by atoms with E-state index in [4.69, 9.17) is 5.11 Å². The Balaban J connectivity index is 2.23. The summed E-state index contributed by atoms with van der Waals surface area (Å²) in [6, 6.07) is 9.27. The van der Waals surface area contributed by atoms with E-state index in [1.54, 1.807) is 24.4 Å². The lowest BCUT2D eigenvalue weighted by Gasteiger charge is -2.06. The molecule has 0 aliphatic heterocycles. The van der Waals surface area contributed by atoms with Gasteiger partial charge in [-0.25, -0.2) is 9.78 Å². The molecular weight excluding hydrogens is 312 g/mol.